The maximum Gasteiger partial charge on any atom is 0.0944 e. The summed E-state index contributed by atoms with van der Waals surface area (Å²) in [7, 11) is 1.93. The lowest BCUT2D eigenvalue weighted by Crippen LogP contribution is -2.17. The molecule has 1 unspecified atom stereocenters. The summed E-state index contributed by atoms with van der Waals surface area (Å²) in [6, 6.07) is 0. The van der Waals surface area contributed by atoms with Crippen molar-refractivity contribution in [2.75, 3.05) is 20.2 Å². The first kappa shape index (κ1) is 11.2. The summed E-state index contributed by atoms with van der Waals surface area (Å²) < 4.78 is 5.63. The Balaban J connectivity index is 2.36. The first-order valence-corrected chi connectivity index (χ1v) is 5.18. The highest BCUT2D eigenvalue weighted by molar-refractivity contribution is 5.29. The molecule has 2 heteroatoms. The predicted octanol–water partition coefficient (Wildman–Crippen LogP) is 2.05. The van der Waals surface area contributed by atoms with Crippen molar-refractivity contribution < 1.29 is 4.74 Å². The van der Waals surface area contributed by atoms with E-state index in [1.54, 1.807) is 0 Å². The molecular formula is C12H19NO. The van der Waals surface area contributed by atoms with Gasteiger partial charge in [-0.2, -0.15) is 0 Å². The van der Waals surface area contributed by atoms with Crippen LogP contribution in [0.25, 0.3) is 0 Å². The number of allylic oxidation sites excluding steroid dienone is 4. The molecule has 0 aliphatic heterocycles. The third-order valence-electron chi connectivity index (χ3n) is 2.18. The first-order chi connectivity index (χ1) is 6.86. The topological polar surface area (TPSA) is 21.3 Å². The van der Waals surface area contributed by atoms with Gasteiger partial charge < -0.3 is 10.1 Å². The summed E-state index contributed by atoms with van der Waals surface area (Å²) in [6.07, 6.45) is 11.7. The average Bonchev–Trinajstić information content (AvgIpc) is 2.43. The van der Waals surface area contributed by atoms with Crippen molar-refractivity contribution in [3.8, 4) is 0 Å². The predicted molar refractivity (Wildman–Crippen MR) is 60.3 cm³/mol. The number of likely N-dealkylation sites (N-methyl/N-ethyl adjacent to an activating group) is 1. The maximum atomic E-state index is 5.63. The van der Waals surface area contributed by atoms with Gasteiger partial charge in [0.05, 0.1) is 12.7 Å². The van der Waals surface area contributed by atoms with Crippen LogP contribution in [0.15, 0.2) is 36.0 Å². The van der Waals surface area contributed by atoms with Crippen LogP contribution >= 0.6 is 0 Å². The lowest BCUT2D eigenvalue weighted by molar-refractivity contribution is 0.118. The Labute approximate surface area is 86.3 Å². The molecule has 14 heavy (non-hydrogen) atoms. The molecule has 2 nitrogen and oxygen atoms in total. The van der Waals surface area contributed by atoms with Crippen LogP contribution in [-0.2, 0) is 4.74 Å². The smallest absolute Gasteiger partial charge is 0.0944 e. The zero-order valence-electron chi connectivity index (χ0n) is 8.99. The number of hydrogen-bond donors (Lipinski definition) is 1. The molecule has 0 amide bonds. The molecule has 78 valence electrons. The van der Waals surface area contributed by atoms with Crippen molar-refractivity contribution in [2.24, 2.45) is 0 Å². The Kier molecular flexibility index (Phi) is 5.27. The van der Waals surface area contributed by atoms with Crippen LogP contribution < -0.4 is 5.32 Å². The van der Waals surface area contributed by atoms with E-state index in [2.05, 4.69) is 42.6 Å². The fourth-order valence-corrected chi connectivity index (χ4v) is 1.27. The van der Waals surface area contributed by atoms with E-state index in [4.69, 9.17) is 4.74 Å². The highest BCUT2D eigenvalue weighted by Gasteiger charge is 2.01. The van der Waals surface area contributed by atoms with Crippen LogP contribution in [0.2, 0.25) is 0 Å². The largest absolute Gasteiger partial charge is 0.369 e. The molecule has 0 saturated heterocycles. The van der Waals surface area contributed by atoms with Crippen LogP contribution in [0.3, 0.4) is 0 Å². The van der Waals surface area contributed by atoms with Gasteiger partial charge in [0, 0.05) is 6.54 Å². The van der Waals surface area contributed by atoms with Gasteiger partial charge in [0.25, 0.3) is 0 Å². The lowest BCUT2D eigenvalue weighted by Gasteiger charge is -2.08. The van der Waals surface area contributed by atoms with Crippen LogP contribution in [0.1, 0.15) is 13.3 Å². The second-order valence-corrected chi connectivity index (χ2v) is 3.28. The molecule has 0 aromatic heterocycles. The number of rotatable bonds is 5. The van der Waals surface area contributed by atoms with Crippen LogP contribution in [0, 0.1) is 0 Å². The van der Waals surface area contributed by atoms with Crippen molar-refractivity contribution in [3.05, 3.63) is 36.0 Å². The van der Waals surface area contributed by atoms with E-state index in [1.807, 2.05) is 7.05 Å². The van der Waals surface area contributed by atoms with Crippen molar-refractivity contribution in [3.63, 3.8) is 0 Å². The molecule has 0 bridgehead atoms. The Morgan fingerprint density at radius 2 is 2.29 bits per heavy atom. The lowest BCUT2D eigenvalue weighted by atomic mass is 10.2. The standard InChI is InChI=1S/C12H19NO/c1-3-11-5-4-6-12(8-7-11)14-10-9-13-2/h4-8,12-13H,3,9-10H2,1-2H3. The highest BCUT2D eigenvalue weighted by Crippen LogP contribution is 2.09. The summed E-state index contributed by atoms with van der Waals surface area (Å²) in [5, 5.41) is 3.06. The van der Waals surface area contributed by atoms with Gasteiger partial charge in [-0.3, -0.25) is 0 Å². The van der Waals surface area contributed by atoms with Crippen LogP contribution in [0.5, 0.6) is 0 Å². The number of hydrogen-bond acceptors (Lipinski definition) is 2. The molecule has 0 heterocycles. The molecule has 1 aliphatic rings. The van der Waals surface area contributed by atoms with Crippen molar-refractivity contribution >= 4 is 0 Å². The highest BCUT2D eigenvalue weighted by atomic mass is 16.5. The van der Waals surface area contributed by atoms with Gasteiger partial charge in [-0.25, -0.2) is 0 Å². The van der Waals surface area contributed by atoms with Gasteiger partial charge in [-0.1, -0.05) is 37.3 Å². The summed E-state index contributed by atoms with van der Waals surface area (Å²) >= 11 is 0. The minimum absolute atomic E-state index is 0.128. The first-order valence-electron chi connectivity index (χ1n) is 5.18. The zero-order chi connectivity index (χ0) is 10.2. The molecule has 1 aliphatic carbocycles. The van der Waals surface area contributed by atoms with E-state index in [0.717, 1.165) is 19.6 Å². The Morgan fingerprint density at radius 1 is 1.43 bits per heavy atom. The maximum absolute atomic E-state index is 5.63. The van der Waals surface area contributed by atoms with Crippen molar-refractivity contribution in [2.45, 2.75) is 19.4 Å². The fourth-order valence-electron chi connectivity index (χ4n) is 1.27. The molecule has 1 rings (SSSR count). The molecule has 1 atom stereocenters. The minimum Gasteiger partial charge on any atom is -0.369 e. The molecule has 0 spiro atoms. The third kappa shape index (κ3) is 3.90. The second kappa shape index (κ2) is 6.57. The molecular weight excluding hydrogens is 174 g/mol. The SMILES string of the molecule is CCC1=CC=CC(OCCNC)C=C1. The second-order valence-electron chi connectivity index (χ2n) is 3.28. The van der Waals surface area contributed by atoms with E-state index in [9.17, 15) is 0 Å². The summed E-state index contributed by atoms with van der Waals surface area (Å²) in [5.74, 6) is 0. The zero-order valence-corrected chi connectivity index (χ0v) is 8.99. The molecule has 0 saturated carbocycles. The number of ether oxygens (including phenoxy) is 1. The molecule has 0 aromatic carbocycles. The summed E-state index contributed by atoms with van der Waals surface area (Å²) in [6.45, 7) is 3.80. The normalized spacial score (nSPS) is 20.7. The van der Waals surface area contributed by atoms with Crippen LogP contribution in [0.4, 0.5) is 0 Å². The molecule has 1 N–H and O–H groups in total. The van der Waals surface area contributed by atoms with Crippen molar-refractivity contribution in [1.82, 2.24) is 5.32 Å². The van der Waals surface area contributed by atoms with Gasteiger partial charge in [-0.15, -0.1) is 0 Å². The Hall–Kier alpha value is -0.860. The Morgan fingerprint density at radius 3 is 3.00 bits per heavy atom. The minimum atomic E-state index is 0.128. The number of nitrogens with one attached hydrogen (secondary N) is 1. The molecule has 0 fully saturated rings. The van der Waals surface area contributed by atoms with E-state index < -0.39 is 0 Å². The van der Waals surface area contributed by atoms with Gasteiger partial charge in [-0.05, 0) is 19.0 Å². The van der Waals surface area contributed by atoms with E-state index in [1.165, 1.54) is 5.57 Å². The quantitative estimate of drug-likeness (QED) is 0.675. The molecule has 0 radical (unpaired) electrons. The van der Waals surface area contributed by atoms with E-state index in [0.29, 0.717) is 0 Å². The van der Waals surface area contributed by atoms with Gasteiger partial charge in [0.1, 0.15) is 0 Å². The van der Waals surface area contributed by atoms with E-state index in [-0.39, 0.29) is 6.10 Å². The monoisotopic (exact) mass is 193 g/mol. The Bertz CT molecular complexity index is 241. The van der Waals surface area contributed by atoms with Gasteiger partial charge >= 0.3 is 0 Å². The summed E-state index contributed by atoms with van der Waals surface area (Å²) in [5.41, 5.74) is 1.35. The van der Waals surface area contributed by atoms with Gasteiger partial charge in [0.15, 0.2) is 0 Å². The van der Waals surface area contributed by atoms with Gasteiger partial charge in [0.2, 0.25) is 0 Å². The van der Waals surface area contributed by atoms with E-state index >= 15 is 0 Å². The summed E-state index contributed by atoms with van der Waals surface area (Å²) in [4.78, 5) is 0. The van der Waals surface area contributed by atoms with Crippen molar-refractivity contribution in [1.29, 1.82) is 0 Å². The fraction of sp³-hybridized carbons (Fsp3) is 0.500. The third-order valence-corrected chi connectivity index (χ3v) is 2.18. The van der Waals surface area contributed by atoms with Crippen LogP contribution in [-0.4, -0.2) is 26.3 Å². The molecule has 0 aromatic rings. The average molecular weight is 193 g/mol.